The summed E-state index contributed by atoms with van der Waals surface area (Å²) in [7, 11) is 0. The molecule has 0 spiro atoms. The van der Waals surface area contributed by atoms with Crippen LogP contribution in [0.5, 0.6) is 5.75 Å². The number of hydrazone groups is 1. The standard InChI is InChI=1S/C18H16Br2N4O2S/c1-2-24-15-6-4-3-5-14(15)22-18(24)27-10-16(25)23-21-9-11-7-12(19)8-13(20)17(11)26/h3-9,26H,2,10H2,1H3,(H,23,25)/b21-9+. The lowest BCUT2D eigenvalue weighted by Crippen LogP contribution is -2.20. The highest BCUT2D eigenvalue weighted by molar-refractivity contribution is 9.11. The molecule has 0 saturated carbocycles. The normalized spacial score (nSPS) is 11.4. The van der Waals surface area contributed by atoms with Gasteiger partial charge in [0.15, 0.2) is 5.16 Å². The average Bonchev–Trinajstić information content (AvgIpc) is 3.01. The number of phenols is 1. The molecule has 1 heterocycles. The summed E-state index contributed by atoms with van der Waals surface area (Å²) in [6, 6.07) is 11.3. The number of aryl methyl sites for hydroxylation is 1. The second-order valence-corrected chi connectivity index (χ2v) is 8.25. The van der Waals surface area contributed by atoms with Crippen LogP contribution >= 0.6 is 43.6 Å². The van der Waals surface area contributed by atoms with E-state index < -0.39 is 0 Å². The fourth-order valence-corrected chi connectivity index (χ4v) is 4.62. The van der Waals surface area contributed by atoms with E-state index in [0.717, 1.165) is 27.2 Å². The van der Waals surface area contributed by atoms with Crippen molar-refractivity contribution in [3.05, 3.63) is 50.9 Å². The number of amides is 1. The number of benzene rings is 2. The number of fused-ring (bicyclic) bond motifs is 1. The van der Waals surface area contributed by atoms with Crippen LogP contribution in [-0.2, 0) is 11.3 Å². The average molecular weight is 512 g/mol. The maximum absolute atomic E-state index is 12.1. The maximum atomic E-state index is 12.1. The molecule has 1 amide bonds. The van der Waals surface area contributed by atoms with Gasteiger partial charge in [-0.15, -0.1) is 0 Å². The highest BCUT2D eigenvalue weighted by Crippen LogP contribution is 2.30. The van der Waals surface area contributed by atoms with Crippen molar-refractivity contribution in [2.75, 3.05) is 5.75 Å². The predicted molar refractivity (Wildman–Crippen MR) is 115 cm³/mol. The Morgan fingerprint density at radius 3 is 2.93 bits per heavy atom. The highest BCUT2D eigenvalue weighted by atomic mass is 79.9. The summed E-state index contributed by atoms with van der Waals surface area (Å²) < 4.78 is 3.40. The number of para-hydroxylation sites is 2. The quantitative estimate of drug-likeness (QED) is 0.289. The summed E-state index contributed by atoms with van der Waals surface area (Å²) in [5.41, 5.74) is 4.92. The first-order valence-corrected chi connectivity index (χ1v) is 10.6. The van der Waals surface area contributed by atoms with Gasteiger partial charge in [-0.2, -0.15) is 5.10 Å². The molecule has 3 rings (SSSR count). The van der Waals surface area contributed by atoms with Crippen molar-refractivity contribution in [2.45, 2.75) is 18.6 Å². The Hall–Kier alpha value is -1.84. The lowest BCUT2D eigenvalue weighted by Gasteiger charge is -2.05. The van der Waals surface area contributed by atoms with Crippen molar-refractivity contribution in [1.82, 2.24) is 15.0 Å². The maximum Gasteiger partial charge on any atom is 0.250 e. The van der Waals surface area contributed by atoms with Gasteiger partial charge in [-0.1, -0.05) is 39.8 Å². The molecule has 27 heavy (non-hydrogen) atoms. The lowest BCUT2D eigenvalue weighted by molar-refractivity contribution is -0.118. The van der Waals surface area contributed by atoms with Crippen LogP contribution in [-0.4, -0.2) is 32.5 Å². The van der Waals surface area contributed by atoms with Crippen LogP contribution in [0.1, 0.15) is 12.5 Å². The van der Waals surface area contributed by atoms with Gasteiger partial charge in [-0.25, -0.2) is 10.4 Å². The summed E-state index contributed by atoms with van der Waals surface area (Å²) in [5, 5.41) is 14.7. The van der Waals surface area contributed by atoms with Gasteiger partial charge in [-0.05, 0) is 47.1 Å². The third kappa shape index (κ3) is 4.72. The number of aromatic hydroxyl groups is 1. The first-order chi connectivity index (χ1) is 13.0. The fourth-order valence-electron chi connectivity index (χ4n) is 2.49. The summed E-state index contributed by atoms with van der Waals surface area (Å²) >= 11 is 7.96. The zero-order valence-electron chi connectivity index (χ0n) is 14.3. The van der Waals surface area contributed by atoms with E-state index in [0.29, 0.717) is 10.0 Å². The second kappa shape index (κ2) is 8.90. The molecule has 0 aliphatic rings. The minimum Gasteiger partial charge on any atom is -0.506 e. The van der Waals surface area contributed by atoms with Gasteiger partial charge in [0.1, 0.15) is 5.75 Å². The van der Waals surface area contributed by atoms with E-state index >= 15 is 0 Å². The number of imidazole rings is 1. The highest BCUT2D eigenvalue weighted by Gasteiger charge is 2.11. The van der Waals surface area contributed by atoms with E-state index in [2.05, 4.69) is 51.9 Å². The molecule has 0 fully saturated rings. The summed E-state index contributed by atoms with van der Waals surface area (Å²) in [6.07, 6.45) is 1.40. The smallest absolute Gasteiger partial charge is 0.250 e. The van der Waals surface area contributed by atoms with Crippen molar-refractivity contribution < 1.29 is 9.90 Å². The monoisotopic (exact) mass is 510 g/mol. The van der Waals surface area contributed by atoms with Crippen LogP contribution in [0.25, 0.3) is 11.0 Å². The van der Waals surface area contributed by atoms with E-state index in [1.165, 1.54) is 18.0 Å². The van der Waals surface area contributed by atoms with Gasteiger partial charge in [0.2, 0.25) is 0 Å². The molecule has 140 valence electrons. The minimum absolute atomic E-state index is 0.0576. The molecule has 2 N–H and O–H groups in total. The Labute approximate surface area is 177 Å². The number of nitrogens with zero attached hydrogens (tertiary/aromatic N) is 3. The Morgan fingerprint density at radius 1 is 1.37 bits per heavy atom. The van der Waals surface area contributed by atoms with Gasteiger partial charge in [-0.3, -0.25) is 4.79 Å². The first-order valence-electron chi connectivity index (χ1n) is 8.07. The Balaban J connectivity index is 1.62. The second-order valence-electron chi connectivity index (χ2n) is 5.53. The van der Waals surface area contributed by atoms with Crippen molar-refractivity contribution >= 4 is 66.8 Å². The molecule has 0 atom stereocenters. The number of hydrogen-bond donors (Lipinski definition) is 2. The molecule has 0 aliphatic carbocycles. The molecule has 9 heteroatoms. The SMILES string of the molecule is CCn1c(SCC(=O)N/N=C/c2cc(Br)cc(Br)c2O)nc2ccccc21. The van der Waals surface area contributed by atoms with Crippen LogP contribution in [0, 0.1) is 0 Å². The minimum atomic E-state index is -0.250. The Kier molecular flexibility index (Phi) is 6.56. The molecule has 6 nitrogen and oxygen atoms in total. The number of phenolic OH excluding ortho intramolecular Hbond substituents is 1. The molecule has 3 aromatic rings. The van der Waals surface area contributed by atoms with E-state index in [9.17, 15) is 9.90 Å². The van der Waals surface area contributed by atoms with E-state index in [4.69, 9.17) is 0 Å². The Morgan fingerprint density at radius 2 is 2.15 bits per heavy atom. The zero-order chi connectivity index (χ0) is 19.4. The molecule has 0 saturated heterocycles. The largest absolute Gasteiger partial charge is 0.506 e. The topological polar surface area (TPSA) is 79.5 Å². The molecule has 0 radical (unpaired) electrons. The number of rotatable bonds is 6. The molecule has 1 aromatic heterocycles. The number of hydrogen-bond acceptors (Lipinski definition) is 5. The van der Waals surface area contributed by atoms with Crippen molar-refractivity contribution in [3.63, 3.8) is 0 Å². The van der Waals surface area contributed by atoms with E-state index in [-0.39, 0.29) is 17.4 Å². The fraction of sp³-hybridized carbons (Fsp3) is 0.167. The van der Waals surface area contributed by atoms with Crippen molar-refractivity contribution in [3.8, 4) is 5.75 Å². The molecule has 0 bridgehead atoms. The summed E-state index contributed by atoms with van der Waals surface area (Å²) in [5.74, 6) is -0.00352. The van der Waals surface area contributed by atoms with Crippen LogP contribution < -0.4 is 5.43 Å². The van der Waals surface area contributed by atoms with Gasteiger partial charge in [0.05, 0.1) is 27.5 Å². The number of nitrogens with one attached hydrogen (secondary N) is 1. The third-order valence-electron chi connectivity index (χ3n) is 3.72. The number of aromatic nitrogens is 2. The first kappa shape index (κ1) is 19.9. The van der Waals surface area contributed by atoms with Crippen molar-refractivity contribution in [2.24, 2.45) is 5.10 Å². The number of thioether (sulfide) groups is 1. The molecule has 0 unspecified atom stereocenters. The van der Waals surface area contributed by atoms with Gasteiger partial charge in [0.25, 0.3) is 5.91 Å². The number of carbonyl (C=O) groups excluding carboxylic acids is 1. The molecule has 0 aliphatic heterocycles. The van der Waals surface area contributed by atoms with Crippen LogP contribution in [0.2, 0.25) is 0 Å². The van der Waals surface area contributed by atoms with Gasteiger partial charge in [0, 0.05) is 16.6 Å². The summed E-state index contributed by atoms with van der Waals surface area (Å²) in [4.78, 5) is 16.7. The number of carbonyl (C=O) groups is 1. The number of halogens is 2. The van der Waals surface area contributed by atoms with Crippen molar-refractivity contribution in [1.29, 1.82) is 0 Å². The van der Waals surface area contributed by atoms with Gasteiger partial charge < -0.3 is 9.67 Å². The van der Waals surface area contributed by atoms with Crippen LogP contribution in [0.3, 0.4) is 0 Å². The van der Waals surface area contributed by atoms with Crippen LogP contribution in [0.15, 0.2) is 55.6 Å². The Bertz CT molecular complexity index is 1020. The van der Waals surface area contributed by atoms with E-state index in [1.54, 1.807) is 12.1 Å². The van der Waals surface area contributed by atoms with Gasteiger partial charge >= 0.3 is 0 Å². The predicted octanol–water partition coefficient (Wildman–Crippen LogP) is 4.53. The zero-order valence-corrected chi connectivity index (χ0v) is 18.3. The molecule has 2 aromatic carbocycles. The lowest BCUT2D eigenvalue weighted by atomic mass is 10.2. The van der Waals surface area contributed by atoms with E-state index in [1.807, 2.05) is 31.2 Å². The summed E-state index contributed by atoms with van der Waals surface area (Å²) in [6.45, 7) is 2.82. The molecular weight excluding hydrogens is 496 g/mol. The molecular formula is C18H16Br2N4O2S. The van der Waals surface area contributed by atoms with Crippen LogP contribution in [0.4, 0.5) is 0 Å². The third-order valence-corrected chi connectivity index (χ3v) is 5.76.